The molecule has 1 saturated heterocycles. The van der Waals surface area contributed by atoms with Gasteiger partial charge in [-0.15, -0.1) is 0 Å². The van der Waals surface area contributed by atoms with Gasteiger partial charge in [0.2, 0.25) is 5.91 Å². The van der Waals surface area contributed by atoms with Crippen molar-refractivity contribution in [2.45, 2.75) is 32.2 Å². The molecule has 1 aliphatic rings. The molecule has 1 heterocycles. The lowest BCUT2D eigenvalue weighted by molar-refractivity contribution is -0.121. The summed E-state index contributed by atoms with van der Waals surface area (Å²) in [4.78, 5) is 14.5. The molecule has 0 radical (unpaired) electrons. The van der Waals surface area contributed by atoms with Crippen LogP contribution in [0.25, 0.3) is 0 Å². The standard InChI is InChI=1S/C15H22N2O2/c1-12(17-9-4-3-5-10-17)15(18)16-13-7-6-8-14(11-13)19-2/h6-8,11-12H,3-5,9-10H2,1-2H3,(H,16,18)/t12-/m0/s1. The molecule has 0 saturated carbocycles. The first kappa shape index (κ1) is 13.9. The molecule has 19 heavy (non-hydrogen) atoms. The first-order valence-corrected chi connectivity index (χ1v) is 6.89. The molecule has 0 bridgehead atoms. The molecule has 2 rings (SSSR count). The zero-order valence-corrected chi connectivity index (χ0v) is 11.7. The number of ether oxygens (including phenoxy) is 1. The van der Waals surface area contributed by atoms with E-state index in [-0.39, 0.29) is 11.9 Å². The Morgan fingerprint density at radius 2 is 2.05 bits per heavy atom. The SMILES string of the molecule is COc1cccc(NC(=O)[C@H](C)N2CCCCC2)c1. The molecule has 1 atom stereocenters. The predicted octanol–water partition coefficient (Wildman–Crippen LogP) is 2.51. The maximum Gasteiger partial charge on any atom is 0.241 e. The van der Waals surface area contributed by atoms with Crippen molar-refractivity contribution < 1.29 is 9.53 Å². The highest BCUT2D eigenvalue weighted by atomic mass is 16.5. The Balaban J connectivity index is 1.95. The minimum absolute atomic E-state index is 0.0511. The largest absolute Gasteiger partial charge is 0.497 e. The van der Waals surface area contributed by atoms with Gasteiger partial charge < -0.3 is 10.1 Å². The summed E-state index contributed by atoms with van der Waals surface area (Å²) in [6.07, 6.45) is 3.66. The van der Waals surface area contributed by atoms with Gasteiger partial charge in [0.15, 0.2) is 0 Å². The van der Waals surface area contributed by atoms with E-state index in [1.807, 2.05) is 31.2 Å². The van der Waals surface area contributed by atoms with Crippen LogP contribution in [0.3, 0.4) is 0 Å². The molecule has 4 nitrogen and oxygen atoms in total. The third-order valence-corrected chi connectivity index (χ3v) is 3.66. The van der Waals surface area contributed by atoms with Gasteiger partial charge in [-0.25, -0.2) is 0 Å². The smallest absolute Gasteiger partial charge is 0.241 e. The van der Waals surface area contributed by atoms with Gasteiger partial charge in [0.25, 0.3) is 0 Å². The number of rotatable bonds is 4. The van der Waals surface area contributed by atoms with Crippen LogP contribution in [-0.4, -0.2) is 37.0 Å². The maximum atomic E-state index is 12.2. The minimum Gasteiger partial charge on any atom is -0.497 e. The van der Waals surface area contributed by atoms with E-state index in [0.717, 1.165) is 24.5 Å². The number of methoxy groups -OCH3 is 1. The van der Waals surface area contributed by atoms with Crippen LogP contribution in [0.1, 0.15) is 26.2 Å². The number of benzene rings is 1. The number of piperidine rings is 1. The molecular weight excluding hydrogens is 240 g/mol. The van der Waals surface area contributed by atoms with E-state index in [4.69, 9.17) is 4.74 Å². The molecule has 1 aliphatic heterocycles. The molecule has 1 aromatic rings. The van der Waals surface area contributed by atoms with Gasteiger partial charge in [-0.05, 0) is 45.0 Å². The number of hydrogen-bond donors (Lipinski definition) is 1. The van der Waals surface area contributed by atoms with Crippen molar-refractivity contribution in [1.82, 2.24) is 4.90 Å². The zero-order valence-electron chi connectivity index (χ0n) is 11.7. The fourth-order valence-electron chi connectivity index (χ4n) is 2.42. The lowest BCUT2D eigenvalue weighted by Gasteiger charge is -2.31. The number of carbonyl (C=O) groups excluding carboxylic acids is 1. The molecule has 0 unspecified atom stereocenters. The van der Waals surface area contributed by atoms with Crippen LogP contribution in [-0.2, 0) is 4.79 Å². The highest BCUT2D eigenvalue weighted by molar-refractivity contribution is 5.94. The van der Waals surface area contributed by atoms with E-state index in [9.17, 15) is 4.79 Å². The second-order valence-corrected chi connectivity index (χ2v) is 4.99. The Morgan fingerprint density at radius 1 is 1.32 bits per heavy atom. The van der Waals surface area contributed by atoms with Crippen LogP contribution < -0.4 is 10.1 Å². The van der Waals surface area contributed by atoms with Crippen LogP contribution in [0, 0.1) is 0 Å². The van der Waals surface area contributed by atoms with Crippen molar-refractivity contribution in [3.05, 3.63) is 24.3 Å². The summed E-state index contributed by atoms with van der Waals surface area (Å²) in [5.74, 6) is 0.804. The van der Waals surface area contributed by atoms with E-state index < -0.39 is 0 Å². The molecular formula is C15H22N2O2. The van der Waals surface area contributed by atoms with E-state index in [0.29, 0.717) is 0 Å². The fraction of sp³-hybridized carbons (Fsp3) is 0.533. The monoisotopic (exact) mass is 262 g/mol. The molecule has 1 aromatic carbocycles. The predicted molar refractivity (Wildman–Crippen MR) is 76.5 cm³/mol. The highest BCUT2D eigenvalue weighted by Crippen LogP contribution is 2.18. The normalized spacial score (nSPS) is 17.8. The van der Waals surface area contributed by atoms with E-state index in [1.165, 1.54) is 19.3 Å². The van der Waals surface area contributed by atoms with Crippen molar-refractivity contribution >= 4 is 11.6 Å². The highest BCUT2D eigenvalue weighted by Gasteiger charge is 2.22. The summed E-state index contributed by atoms with van der Waals surface area (Å²) >= 11 is 0. The summed E-state index contributed by atoms with van der Waals surface area (Å²) in [6.45, 7) is 4.01. The minimum atomic E-state index is -0.0773. The van der Waals surface area contributed by atoms with Gasteiger partial charge in [-0.1, -0.05) is 12.5 Å². The van der Waals surface area contributed by atoms with Crippen LogP contribution in [0.4, 0.5) is 5.69 Å². The third-order valence-electron chi connectivity index (χ3n) is 3.66. The van der Waals surface area contributed by atoms with Crippen LogP contribution in [0.5, 0.6) is 5.75 Å². The Morgan fingerprint density at radius 3 is 2.74 bits per heavy atom. The number of nitrogens with zero attached hydrogens (tertiary/aromatic N) is 1. The molecule has 1 N–H and O–H groups in total. The fourth-order valence-corrected chi connectivity index (χ4v) is 2.42. The maximum absolute atomic E-state index is 12.2. The van der Waals surface area contributed by atoms with Gasteiger partial charge in [0.1, 0.15) is 5.75 Å². The Hall–Kier alpha value is -1.55. The van der Waals surface area contributed by atoms with Gasteiger partial charge in [0, 0.05) is 11.8 Å². The summed E-state index contributed by atoms with van der Waals surface area (Å²) in [5, 5.41) is 2.95. The topological polar surface area (TPSA) is 41.6 Å². The third kappa shape index (κ3) is 3.70. The number of hydrogen-bond acceptors (Lipinski definition) is 3. The number of anilines is 1. The van der Waals surface area contributed by atoms with Gasteiger partial charge >= 0.3 is 0 Å². The van der Waals surface area contributed by atoms with E-state index in [1.54, 1.807) is 7.11 Å². The number of amides is 1. The van der Waals surface area contributed by atoms with E-state index in [2.05, 4.69) is 10.2 Å². The Bertz CT molecular complexity index is 428. The van der Waals surface area contributed by atoms with Gasteiger partial charge in [0.05, 0.1) is 13.2 Å². The van der Waals surface area contributed by atoms with Crippen LogP contribution >= 0.6 is 0 Å². The summed E-state index contributed by atoms with van der Waals surface area (Å²) in [7, 11) is 1.62. The molecule has 104 valence electrons. The second-order valence-electron chi connectivity index (χ2n) is 4.99. The van der Waals surface area contributed by atoms with Crippen molar-refractivity contribution in [2.75, 3.05) is 25.5 Å². The Kier molecular flexibility index (Phi) is 4.80. The first-order valence-electron chi connectivity index (χ1n) is 6.89. The summed E-state index contributed by atoms with van der Waals surface area (Å²) in [5.41, 5.74) is 0.785. The lowest BCUT2D eigenvalue weighted by Crippen LogP contribution is -2.44. The quantitative estimate of drug-likeness (QED) is 0.906. The lowest BCUT2D eigenvalue weighted by atomic mass is 10.1. The van der Waals surface area contributed by atoms with Crippen molar-refractivity contribution in [3.8, 4) is 5.75 Å². The Labute approximate surface area is 114 Å². The van der Waals surface area contributed by atoms with Gasteiger partial charge in [-0.3, -0.25) is 9.69 Å². The molecule has 0 aromatic heterocycles. The molecule has 0 spiro atoms. The van der Waals surface area contributed by atoms with Crippen molar-refractivity contribution in [3.63, 3.8) is 0 Å². The summed E-state index contributed by atoms with van der Waals surface area (Å²) < 4.78 is 5.15. The van der Waals surface area contributed by atoms with Gasteiger partial charge in [-0.2, -0.15) is 0 Å². The van der Waals surface area contributed by atoms with Crippen molar-refractivity contribution in [1.29, 1.82) is 0 Å². The molecule has 4 heteroatoms. The number of likely N-dealkylation sites (tertiary alicyclic amines) is 1. The number of nitrogens with one attached hydrogen (secondary N) is 1. The zero-order chi connectivity index (χ0) is 13.7. The number of carbonyl (C=O) groups is 1. The van der Waals surface area contributed by atoms with E-state index >= 15 is 0 Å². The second kappa shape index (κ2) is 6.57. The van der Waals surface area contributed by atoms with Crippen LogP contribution in [0.2, 0.25) is 0 Å². The van der Waals surface area contributed by atoms with Crippen LogP contribution in [0.15, 0.2) is 24.3 Å². The average molecular weight is 262 g/mol. The molecule has 1 fully saturated rings. The van der Waals surface area contributed by atoms with Crippen molar-refractivity contribution in [2.24, 2.45) is 0 Å². The summed E-state index contributed by atoms with van der Waals surface area (Å²) in [6, 6.07) is 7.37. The first-order chi connectivity index (χ1) is 9.20. The molecule has 1 amide bonds. The molecule has 0 aliphatic carbocycles. The average Bonchev–Trinajstić information content (AvgIpc) is 2.47.